The van der Waals surface area contributed by atoms with E-state index in [1.165, 1.54) is 25.0 Å². The third-order valence-corrected chi connectivity index (χ3v) is 6.05. The number of amides is 2. The molecule has 2 aliphatic carbocycles. The summed E-state index contributed by atoms with van der Waals surface area (Å²) in [5.41, 5.74) is 0.291. The molecule has 2 N–H and O–H groups in total. The molecule has 6 heteroatoms. The van der Waals surface area contributed by atoms with Crippen molar-refractivity contribution in [2.24, 2.45) is 11.8 Å². The second kappa shape index (κ2) is 5.99. The molecule has 0 radical (unpaired) electrons. The predicted octanol–water partition coefficient (Wildman–Crippen LogP) is 3.60. The number of urea groups is 1. The second-order valence-electron chi connectivity index (χ2n) is 7.58. The van der Waals surface area contributed by atoms with Gasteiger partial charge < -0.3 is 15.3 Å². The summed E-state index contributed by atoms with van der Waals surface area (Å²) in [6.45, 7) is 1.20. The van der Waals surface area contributed by atoms with Gasteiger partial charge in [0.1, 0.15) is 5.82 Å². The number of hydrogen-bond donors (Lipinski definition) is 2. The van der Waals surface area contributed by atoms with Gasteiger partial charge in [0, 0.05) is 23.5 Å². The van der Waals surface area contributed by atoms with E-state index in [2.05, 4.69) is 21.2 Å². The Morgan fingerprint density at radius 3 is 2.92 bits per heavy atom. The number of rotatable bonds is 4. The Hall–Kier alpha value is -1.14. The van der Waals surface area contributed by atoms with Gasteiger partial charge in [-0.1, -0.05) is 28.8 Å². The molecule has 130 valence electrons. The van der Waals surface area contributed by atoms with E-state index in [9.17, 15) is 14.3 Å². The molecule has 1 heterocycles. The minimum atomic E-state index is -0.516. The van der Waals surface area contributed by atoms with Crippen molar-refractivity contribution in [3.63, 3.8) is 0 Å². The maximum atomic E-state index is 13.8. The number of aliphatic hydroxyl groups is 1. The zero-order chi connectivity index (χ0) is 16.9. The van der Waals surface area contributed by atoms with Crippen LogP contribution < -0.4 is 5.32 Å². The van der Waals surface area contributed by atoms with Crippen LogP contribution >= 0.6 is 15.9 Å². The lowest BCUT2D eigenvalue weighted by Crippen LogP contribution is -2.47. The summed E-state index contributed by atoms with van der Waals surface area (Å²) < 4.78 is 14.4. The van der Waals surface area contributed by atoms with Crippen molar-refractivity contribution in [3.05, 3.63) is 34.1 Å². The molecule has 3 fully saturated rings. The highest BCUT2D eigenvalue weighted by atomic mass is 79.9. The van der Waals surface area contributed by atoms with Gasteiger partial charge in [-0.05, 0) is 48.9 Å². The number of carbonyl (C=O) groups is 1. The minimum absolute atomic E-state index is 0.102. The summed E-state index contributed by atoms with van der Waals surface area (Å²) in [5.74, 6) is 0.546. The Kier molecular flexibility index (Phi) is 4.07. The van der Waals surface area contributed by atoms with Crippen LogP contribution in [0, 0.1) is 17.7 Å². The Labute approximate surface area is 149 Å². The first-order chi connectivity index (χ1) is 11.4. The first-order valence-corrected chi connectivity index (χ1v) is 9.46. The van der Waals surface area contributed by atoms with E-state index in [0.717, 1.165) is 18.4 Å². The SMILES string of the molecule is O=C(NC(CC1CC1)c1cc(F)cc(Br)c1)N1CC[C@@]2(O)C[C@H]2C1. The van der Waals surface area contributed by atoms with Crippen molar-refractivity contribution >= 4 is 22.0 Å². The highest BCUT2D eigenvalue weighted by Crippen LogP contribution is 2.49. The molecule has 3 aliphatic rings. The Morgan fingerprint density at radius 2 is 2.25 bits per heavy atom. The largest absolute Gasteiger partial charge is 0.389 e. The molecule has 1 aromatic rings. The number of halogens is 2. The molecule has 1 aliphatic heterocycles. The fraction of sp³-hybridized carbons (Fsp3) is 0.611. The zero-order valence-electron chi connectivity index (χ0n) is 13.5. The van der Waals surface area contributed by atoms with Crippen molar-refractivity contribution < 1.29 is 14.3 Å². The molecule has 3 atom stereocenters. The highest BCUT2D eigenvalue weighted by molar-refractivity contribution is 9.10. The monoisotopic (exact) mass is 396 g/mol. The smallest absolute Gasteiger partial charge is 0.317 e. The molecule has 0 bridgehead atoms. The van der Waals surface area contributed by atoms with Gasteiger partial charge >= 0.3 is 6.03 Å². The molecule has 0 spiro atoms. The lowest BCUT2D eigenvalue weighted by Gasteiger charge is -2.31. The lowest BCUT2D eigenvalue weighted by molar-refractivity contribution is 0.0742. The van der Waals surface area contributed by atoms with Crippen LogP contribution in [0.3, 0.4) is 0 Å². The van der Waals surface area contributed by atoms with Gasteiger partial charge in [-0.3, -0.25) is 0 Å². The third-order valence-electron chi connectivity index (χ3n) is 5.59. The van der Waals surface area contributed by atoms with Crippen LogP contribution in [-0.4, -0.2) is 34.7 Å². The Balaban J connectivity index is 1.46. The van der Waals surface area contributed by atoms with E-state index < -0.39 is 5.60 Å². The maximum Gasteiger partial charge on any atom is 0.317 e. The molecule has 4 nitrogen and oxygen atoms in total. The van der Waals surface area contributed by atoms with Gasteiger partial charge in [0.05, 0.1) is 11.6 Å². The van der Waals surface area contributed by atoms with E-state index >= 15 is 0 Å². The summed E-state index contributed by atoms with van der Waals surface area (Å²) in [7, 11) is 0. The first kappa shape index (κ1) is 16.3. The molecule has 4 rings (SSSR count). The summed E-state index contributed by atoms with van der Waals surface area (Å²) in [5, 5.41) is 13.2. The number of nitrogens with zero attached hydrogens (tertiary/aromatic N) is 1. The van der Waals surface area contributed by atoms with E-state index in [1.54, 1.807) is 4.90 Å². The van der Waals surface area contributed by atoms with E-state index in [0.29, 0.717) is 29.9 Å². The van der Waals surface area contributed by atoms with Crippen molar-refractivity contribution in [2.75, 3.05) is 13.1 Å². The zero-order valence-corrected chi connectivity index (χ0v) is 15.1. The quantitative estimate of drug-likeness (QED) is 0.816. The maximum absolute atomic E-state index is 13.8. The standard InChI is InChI=1S/C18H22BrFN2O2/c19-14-6-12(7-15(20)8-14)16(5-11-1-2-11)21-17(23)22-4-3-18(24)9-13(18)10-22/h6-8,11,13,16,24H,1-5,9-10H2,(H,21,23)/t13-,16?,18+/m0/s1. The molecule has 0 aromatic heterocycles. The van der Waals surface area contributed by atoms with Crippen LogP contribution in [0.4, 0.5) is 9.18 Å². The average molecular weight is 397 g/mol. The van der Waals surface area contributed by atoms with Crippen LogP contribution in [0.15, 0.2) is 22.7 Å². The Morgan fingerprint density at radius 1 is 1.46 bits per heavy atom. The highest BCUT2D eigenvalue weighted by Gasteiger charge is 2.56. The lowest BCUT2D eigenvalue weighted by atomic mass is 10.0. The fourth-order valence-corrected chi connectivity index (χ4v) is 4.24. The predicted molar refractivity (Wildman–Crippen MR) is 92.0 cm³/mol. The van der Waals surface area contributed by atoms with Crippen molar-refractivity contribution in [1.29, 1.82) is 0 Å². The van der Waals surface area contributed by atoms with Crippen LogP contribution in [0.2, 0.25) is 0 Å². The molecule has 1 aromatic carbocycles. The summed E-state index contributed by atoms with van der Waals surface area (Å²) in [4.78, 5) is 14.4. The van der Waals surface area contributed by atoms with Crippen LogP contribution in [0.5, 0.6) is 0 Å². The van der Waals surface area contributed by atoms with Crippen molar-refractivity contribution in [1.82, 2.24) is 10.2 Å². The molecular formula is C18H22BrFN2O2. The van der Waals surface area contributed by atoms with Crippen LogP contribution in [-0.2, 0) is 0 Å². The molecule has 2 amide bonds. The van der Waals surface area contributed by atoms with Gasteiger partial charge in [0.2, 0.25) is 0 Å². The summed E-state index contributed by atoms with van der Waals surface area (Å²) in [6.07, 6.45) is 4.68. The summed E-state index contributed by atoms with van der Waals surface area (Å²) in [6, 6.07) is 4.55. The van der Waals surface area contributed by atoms with Crippen molar-refractivity contribution in [3.8, 4) is 0 Å². The van der Waals surface area contributed by atoms with E-state index in [1.807, 2.05) is 6.07 Å². The molecule has 24 heavy (non-hydrogen) atoms. The van der Waals surface area contributed by atoms with Gasteiger partial charge in [-0.15, -0.1) is 0 Å². The van der Waals surface area contributed by atoms with Crippen LogP contribution in [0.25, 0.3) is 0 Å². The van der Waals surface area contributed by atoms with Gasteiger partial charge in [0.15, 0.2) is 0 Å². The molecule has 1 saturated heterocycles. The minimum Gasteiger partial charge on any atom is -0.389 e. The third kappa shape index (κ3) is 3.45. The van der Waals surface area contributed by atoms with Gasteiger partial charge in [-0.25, -0.2) is 9.18 Å². The molecule has 2 saturated carbocycles. The van der Waals surface area contributed by atoms with E-state index in [-0.39, 0.29) is 23.8 Å². The van der Waals surface area contributed by atoms with Gasteiger partial charge in [0.25, 0.3) is 0 Å². The fourth-order valence-electron chi connectivity index (χ4n) is 3.76. The average Bonchev–Trinajstić information content (AvgIpc) is 3.40. The van der Waals surface area contributed by atoms with Crippen molar-refractivity contribution in [2.45, 2.75) is 43.7 Å². The molecule has 1 unspecified atom stereocenters. The first-order valence-electron chi connectivity index (χ1n) is 8.67. The summed E-state index contributed by atoms with van der Waals surface area (Å²) >= 11 is 3.33. The number of fused-ring (bicyclic) bond motifs is 1. The number of hydrogen-bond acceptors (Lipinski definition) is 2. The molecular weight excluding hydrogens is 375 g/mol. The van der Waals surface area contributed by atoms with E-state index in [4.69, 9.17) is 0 Å². The Bertz CT molecular complexity index is 646. The number of piperidine rings is 1. The number of likely N-dealkylation sites (tertiary alicyclic amines) is 1. The number of nitrogens with one attached hydrogen (secondary N) is 1. The van der Waals surface area contributed by atoms with Crippen LogP contribution in [0.1, 0.15) is 43.7 Å². The topological polar surface area (TPSA) is 52.6 Å². The number of carbonyl (C=O) groups excluding carboxylic acids is 1. The normalized spacial score (nSPS) is 29.8. The van der Waals surface area contributed by atoms with Gasteiger partial charge in [-0.2, -0.15) is 0 Å². The second-order valence-corrected chi connectivity index (χ2v) is 8.50. The number of benzene rings is 1.